The molecule has 2 nitrogen and oxygen atoms in total. The van der Waals surface area contributed by atoms with Gasteiger partial charge in [-0.15, -0.1) is 0 Å². The van der Waals surface area contributed by atoms with Gasteiger partial charge in [0.1, 0.15) is 0 Å². The third kappa shape index (κ3) is 2.83. The third-order valence-electron chi connectivity index (χ3n) is 5.58. The summed E-state index contributed by atoms with van der Waals surface area (Å²) in [6.07, 6.45) is 9.53. The summed E-state index contributed by atoms with van der Waals surface area (Å²) >= 11 is 0. The summed E-state index contributed by atoms with van der Waals surface area (Å²) in [5.41, 5.74) is 0.628. The summed E-state index contributed by atoms with van der Waals surface area (Å²) in [6.45, 7) is 4.73. The highest BCUT2D eigenvalue weighted by Gasteiger charge is 2.43. The van der Waals surface area contributed by atoms with Gasteiger partial charge < -0.3 is 5.11 Å². The van der Waals surface area contributed by atoms with Crippen LogP contribution in [0.2, 0.25) is 0 Å². The summed E-state index contributed by atoms with van der Waals surface area (Å²) in [4.78, 5) is 10.6. The maximum Gasteiger partial charge on any atom is 0.303 e. The Morgan fingerprint density at radius 1 is 1.41 bits per heavy atom. The Labute approximate surface area is 105 Å². The van der Waals surface area contributed by atoms with Crippen molar-refractivity contribution in [2.24, 2.45) is 23.2 Å². The molecule has 0 aromatic heterocycles. The fraction of sp³-hybridized carbons (Fsp3) is 0.933. The number of aliphatic carboxylic acids is 1. The van der Waals surface area contributed by atoms with Gasteiger partial charge >= 0.3 is 5.97 Å². The normalized spacial score (nSPS) is 38.7. The first kappa shape index (κ1) is 12.9. The number of carbonyl (C=O) groups is 1. The monoisotopic (exact) mass is 238 g/mol. The van der Waals surface area contributed by atoms with Crippen LogP contribution in [0.5, 0.6) is 0 Å². The largest absolute Gasteiger partial charge is 0.481 e. The molecule has 98 valence electrons. The highest BCUT2D eigenvalue weighted by atomic mass is 16.4. The minimum Gasteiger partial charge on any atom is -0.481 e. The minimum absolute atomic E-state index is 0.347. The maximum atomic E-state index is 10.6. The second-order valence-electron chi connectivity index (χ2n) is 6.69. The van der Waals surface area contributed by atoms with Crippen molar-refractivity contribution in [3.05, 3.63) is 0 Å². The summed E-state index contributed by atoms with van der Waals surface area (Å²) in [6, 6.07) is 0. The molecular formula is C15H26O2. The Hall–Kier alpha value is -0.530. The van der Waals surface area contributed by atoms with Crippen molar-refractivity contribution in [1.29, 1.82) is 0 Å². The Balaban J connectivity index is 1.85. The molecule has 2 aliphatic rings. The second kappa shape index (κ2) is 4.99. The van der Waals surface area contributed by atoms with E-state index in [-0.39, 0.29) is 0 Å². The first-order valence-corrected chi connectivity index (χ1v) is 7.23. The van der Waals surface area contributed by atoms with Crippen molar-refractivity contribution >= 4 is 5.97 Å². The van der Waals surface area contributed by atoms with E-state index in [9.17, 15) is 4.79 Å². The summed E-state index contributed by atoms with van der Waals surface area (Å²) < 4.78 is 0. The summed E-state index contributed by atoms with van der Waals surface area (Å²) in [7, 11) is 0. The molecule has 17 heavy (non-hydrogen) atoms. The van der Waals surface area contributed by atoms with Crippen molar-refractivity contribution in [2.75, 3.05) is 0 Å². The van der Waals surface area contributed by atoms with Crippen LogP contribution < -0.4 is 0 Å². The zero-order valence-electron chi connectivity index (χ0n) is 11.2. The van der Waals surface area contributed by atoms with Crippen molar-refractivity contribution in [3.63, 3.8) is 0 Å². The minimum atomic E-state index is -0.640. The molecule has 1 unspecified atom stereocenters. The number of carboxylic acids is 1. The van der Waals surface area contributed by atoms with Gasteiger partial charge in [-0.2, -0.15) is 0 Å². The highest BCUT2D eigenvalue weighted by molar-refractivity contribution is 5.66. The molecule has 2 rings (SSSR count). The lowest BCUT2D eigenvalue weighted by Crippen LogP contribution is -2.32. The molecule has 0 aromatic rings. The Bertz CT molecular complexity index is 287. The van der Waals surface area contributed by atoms with Gasteiger partial charge in [-0.3, -0.25) is 4.79 Å². The standard InChI is InChI=1S/C15H26O2/c1-11(5-6-14(16)17)12-7-9-15(2)8-3-4-13(15)10-12/h11-13H,3-10H2,1-2H3,(H,16,17)/t11-,12+,13?,15+/m1/s1. The van der Waals surface area contributed by atoms with Gasteiger partial charge in [-0.25, -0.2) is 0 Å². The van der Waals surface area contributed by atoms with Gasteiger partial charge in [0.25, 0.3) is 0 Å². The van der Waals surface area contributed by atoms with Crippen molar-refractivity contribution < 1.29 is 9.90 Å². The van der Waals surface area contributed by atoms with Crippen LogP contribution in [-0.4, -0.2) is 11.1 Å². The highest BCUT2D eigenvalue weighted by Crippen LogP contribution is 2.54. The lowest BCUT2D eigenvalue weighted by atomic mass is 9.63. The smallest absolute Gasteiger partial charge is 0.303 e. The summed E-state index contributed by atoms with van der Waals surface area (Å²) in [5, 5.41) is 8.75. The predicted octanol–water partition coefficient (Wildman–Crippen LogP) is 4.09. The molecule has 0 aromatic carbocycles. The zero-order valence-corrected chi connectivity index (χ0v) is 11.2. The van der Waals surface area contributed by atoms with Crippen LogP contribution in [0.3, 0.4) is 0 Å². The second-order valence-corrected chi connectivity index (χ2v) is 6.69. The molecule has 4 atom stereocenters. The molecule has 0 spiro atoms. The van der Waals surface area contributed by atoms with Gasteiger partial charge in [-0.1, -0.05) is 20.3 Å². The molecule has 0 saturated heterocycles. The van der Waals surface area contributed by atoms with Crippen molar-refractivity contribution in [3.8, 4) is 0 Å². The number of fused-ring (bicyclic) bond motifs is 1. The molecule has 0 heterocycles. The number of carboxylic acid groups (broad SMARTS) is 1. The third-order valence-corrected chi connectivity index (χ3v) is 5.58. The fourth-order valence-electron chi connectivity index (χ4n) is 4.14. The zero-order chi connectivity index (χ0) is 12.5. The van der Waals surface area contributed by atoms with Gasteiger partial charge in [0.15, 0.2) is 0 Å². The van der Waals surface area contributed by atoms with E-state index in [2.05, 4.69) is 13.8 Å². The lowest BCUT2D eigenvalue weighted by Gasteiger charge is -2.42. The molecule has 2 fully saturated rings. The van der Waals surface area contributed by atoms with Crippen LogP contribution in [0, 0.1) is 23.2 Å². The van der Waals surface area contributed by atoms with Crippen LogP contribution in [0.1, 0.15) is 65.2 Å². The first-order valence-electron chi connectivity index (χ1n) is 7.23. The summed E-state index contributed by atoms with van der Waals surface area (Å²) in [5.74, 6) is 1.66. The average Bonchev–Trinajstić information content (AvgIpc) is 2.66. The van der Waals surface area contributed by atoms with E-state index < -0.39 is 5.97 Å². The van der Waals surface area contributed by atoms with Gasteiger partial charge in [0.2, 0.25) is 0 Å². The molecule has 0 aliphatic heterocycles. The SMILES string of the molecule is C[C@H](CCC(=O)O)[C@H]1CC[C@]2(C)CCCC2C1. The van der Waals surface area contributed by atoms with E-state index >= 15 is 0 Å². The van der Waals surface area contributed by atoms with E-state index in [1.165, 1.54) is 38.5 Å². The first-order chi connectivity index (χ1) is 8.01. The maximum absolute atomic E-state index is 10.6. The van der Waals surface area contributed by atoms with E-state index in [1.807, 2.05) is 0 Å². The number of hydrogen-bond donors (Lipinski definition) is 1. The van der Waals surface area contributed by atoms with Gasteiger partial charge in [0.05, 0.1) is 0 Å². The molecule has 2 heteroatoms. The van der Waals surface area contributed by atoms with Crippen LogP contribution in [-0.2, 0) is 4.79 Å². The van der Waals surface area contributed by atoms with Crippen LogP contribution in [0.15, 0.2) is 0 Å². The molecule has 1 N–H and O–H groups in total. The number of rotatable bonds is 4. The average molecular weight is 238 g/mol. The van der Waals surface area contributed by atoms with E-state index in [0.717, 1.165) is 18.3 Å². The Morgan fingerprint density at radius 2 is 2.18 bits per heavy atom. The molecular weight excluding hydrogens is 212 g/mol. The van der Waals surface area contributed by atoms with Crippen LogP contribution >= 0.6 is 0 Å². The van der Waals surface area contributed by atoms with E-state index in [1.54, 1.807) is 0 Å². The van der Waals surface area contributed by atoms with E-state index in [0.29, 0.717) is 17.8 Å². The van der Waals surface area contributed by atoms with E-state index in [4.69, 9.17) is 5.11 Å². The lowest BCUT2D eigenvalue weighted by molar-refractivity contribution is -0.137. The Morgan fingerprint density at radius 3 is 2.88 bits per heavy atom. The fourth-order valence-corrected chi connectivity index (χ4v) is 4.14. The Kier molecular flexibility index (Phi) is 3.79. The van der Waals surface area contributed by atoms with Crippen molar-refractivity contribution in [2.45, 2.75) is 65.2 Å². The van der Waals surface area contributed by atoms with Gasteiger partial charge in [0, 0.05) is 6.42 Å². The molecule has 0 amide bonds. The molecule has 2 aliphatic carbocycles. The van der Waals surface area contributed by atoms with Gasteiger partial charge in [-0.05, 0) is 61.7 Å². The molecule has 2 saturated carbocycles. The number of hydrogen-bond acceptors (Lipinski definition) is 1. The van der Waals surface area contributed by atoms with Crippen LogP contribution in [0.4, 0.5) is 0 Å². The predicted molar refractivity (Wildman–Crippen MR) is 68.8 cm³/mol. The molecule has 0 radical (unpaired) electrons. The topological polar surface area (TPSA) is 37.3 Å². The van der Waals surface area contributed by atoms with Crippen molar-refractivity contribution in [1.82, 2.24) is 0 Å². The van der Waals surface area contributed by atoms with Crippen LogP contribution in [0.25, 0.3) is 0 Å². The quantitative estimate of drug-likeness (QED) is 0.800. The molecule has 0 bridgehead atoms.